The second-order valence-corrected chi connectivity index (χ2v) is 7.93. The molecule has 11 heteroatoms. The van der Waals surface area contributed by atoms with Gasteiger partial charge in [0.25, 0.3) is 11.8 Å². The van der Waals surface area contributed by atoms with E-state index in [-0.39, 0.29) is 5.56 Å². The summed E-state index contributed by atoms with van der Waals surface area (Å²) in [5, 5.41) is 12.0. The van der Waals surface area contributed by atoms with Crippen LogP contribution in [0, 0.1) is 11.3 Å². The molecule has 0 spiro atoms. The minimum Gasteiger partial charge on any atom is -0.343 e. The largest absolute Gasteiger partial charge is 0.343 e. The molecule has 33 heavy (non-hydrogen) atoms. The molecule has 1 aliphatic rings. The van der Waals surface area contributed by atoms with Crippen LogP contribution in [-0.2, 0) is 4.79 Å². The molecule has 1 aliphatic heterocycles. The van der Waals surface area contributed by atoms with E-state index < -0.39 is 43.3 Å². The Bertz CT molecular complexity index is 1300. The van der Waals surface area contributed by atoms with Crippen LogP contribution in [0.3, 0.4) is 0 Å². The van der Waals surface area contributed by atoms with Crippen LogP contribution in [0.25, 0.3) is 23.2 Å². The number of rotatable bonds is 5. The summed E-state index contributed by atoms with van der Waals surface area (Å²) >= 11 is 5.98. The van der Waals surface area contributed by atoms with Crippen LogP contribution >= 0.6 is 11.6 Å². The van der Waals surface area contributed by atoms with Gasteiger partial charge in [-0.15, -0.1) is 0 Å². The molecule has 1 fully saturated rings. The Balaban J connectivity index is 1.45. The molecule has 168 valence electrons. The Kier molecular flexibility index (Phi) is 6.07. The number of alkyl halides is 2. The van der Waals surface area contributed by atoms with Crippen molar-refractivity contribution in [3.8, 4) is 6.07 Å². The maximum Gasteiger partial charge on any atom is 0.268 e. The van der Waals surface area contributed by atoms with E-state index in [0.717, 1.165) is 15.9 Å². The summed E-state index contributed by atoms with van der Waals surface area (Å²) in [6.07, 6.45) is 5.48. The molecule has 8 nitrogen and oxygen atoms in total. The molecule has 2 amide bonds. The topological polar surface area (TPSA) is 115 Å². The van der Waals surface area contributed by atoms with Crippen molar-refractivity contribution < 1.29 is 18.4 Å². The zero-order valence-electron chi connectivity index (χ0n) is 17.1. The second kappa shape index (κ2) is 8.96. The van der Waals surface area contributed by atoms with Crippen LogP contribution in [0.5, 0.6) is 0 Å². The van der Waals surface area contributed by atoms with Gasteiger partial charge in [-0.1, -0.05) is 11.6 Å². The number of hydrogen-bond donors (Lipinski definition) is 2. The highest BCUT2D eigenvalue weighted by atomic mass is 35.5. The minimum atomic E-state index is -3.12. The average molecular weight is 471 g/mol. The normalized spacial score (nSPS) is 17.4. The molecule has 0 radical (unpaired) electrons. The first kappa shape index (κ1) is 22.4. The number of nitrogens with zero attached hydrogens (tertiary/aromatic N) is 4. The number of aromatic amines is 1. The molecule has 1 aromatic carbocycles. The van der Waals surface area contributed by atoms with Gasteiger partial charge in [0.1, 0.15) is 11.9 Å². The van der Waals surface area contributed by atoms with Gasteiger partial charge >= 0.3 is 0 Å². The highest BCUT2D eigenvalue weighted by Crippen LogP contribution is 2.31. The maximum absolute atomic E-state index is 13.6. The third-order valence-electron chi connectivity index (χ3n) is 5.12. The average Bonchev–Trinajstić information content (AvgIpc) is 3.34. The number of nitriles is 1. The highest BCUT2D eigenvalue weighted by Gasteiger charge is 2.47. The summed E-state index contributed by atoms with van der Waals surface area (Å²) in [5.41, 5.74) is 2.18. The SMILES string of the molecule is N#C[C@@H]1CC(F)(F)CN1C(=O)CNC(=O)c1ccncc1/C=C/c1nc2ccc(Cl)cc2[nH]1. The van der Waals surface area contributed by atoms with E-state index in [0.29, 0.717) is 16.4 Å². The Morgan fingerprint density at radius 1 is 1.36 bits per heavy atom. The predicted octanol–water partition coefficient (Wildman–Crippen LogP) is 3.27. The van der Waals surface area contributed by atoms with Gasteiger partial charge in [-0.3, -0.25) is 14.6 Å². The number of hydrogen-bond acceptors (Lipinski definition) is 5. The molecule has 0 unspecified atom stereocenters. The van der Waals surface area contributed by atoms with Crippen molar-refractivity contribution in [2.24, 2.45) is 0 Å². The quantitative estimate of drug-likeness (QED) is 0.594. The lowest BCUT2D eigenvalue weighted by atomic mass is 10.1. The molecule has 2 aromatic heterocycles. The number of amides is 2. The molecule has 0 bridgehead atoms. The van der Waals surface area contributed by atoms with Gasteiger partial charge in [0.15, 0.2) is 0 Å². The van der Waals surface area contributed by atoms with Crippen LogP contribution in [0.4, 0.5) is 8.78 Å². The summed E-state index contributed by atoms with van der Waals surface area (Å²) in [7, 11) is 0. The number of fused-ring (bicyclic) bond motifs is 1. The zero-order valence-corrected chi connectivity index (χ0v) is 17.8. The number of carbonyl (C=O) groups is 2. The molecule has 1 atom stereocenters. The molecule has 4 rings (SSSR count). The molecule has 0 aliphatic carbocycles. The highest BCUT2D eigenvalue weighted by molar-refractivity contribution is 6.31. The summed E-state index contributed by atoms with van der Waals surface area (Å²) in [6.45, 7) is -1.35. The molecule has 3 aromatic rings. The van der Waals surface area contributed by atoms with Crippen LogP contribution in [-0.4, -0.2) is 56.7 Å². The summed E-state index contributed by atoms with van der Waals surface area (Å²) in [4.78, 5) is 37.3. The fourth-order valence-electron chi connectivity index (χ4n) is 3.54. The van der Waals surface area contributed by atoms with Gasteiger partial charge in [-0.05, 0) is 36.4 Å². The van der Waals surface area contributed by atoms with E-state index in [1.54, 1.807) is 36.4 Å². The first-order valence-corrected chi connectivity index (χ1v) is 10.3. The van der Waals surface area contributed by atoms with Crippen molar-refractivity contribution in [2.75, 3.05) is 13.1 Å². The summed E-state index contributed by atoms with van der Waals surface area (Å²) in [6, 6.07) is 7.20. The van der Waals surface area contributed by atoms with Gasteiger partial charge < -0.3 is 15.2 Å². The van der Waals surface area contributed by atoms with E-state index in [1.165, 1.54) is 18.5 Å². The number of likely N-dealkylation sites (tertiary alicyclic amines) is 1. The maximum atomic E-state index is 13.6. The molecular weight excluding hydrogens is 454 g/mol. The van der Waals surface area contributed by atoms with Crippen LogP contribution in [0.15, 0.2) is 36.7 Å². The van der Waals surface area contributed by atoms with E-state index in [1.807, 2.05) is 0 Å². The number of H-pyrrole nitrogens is 1. The molecule has 0 saturated carbocycles. The van der Waals surface area contributed by atoms with Crippen molar-refractivity contribution in [1.82, 2.24) is 25.2 Å². The Hall–Kier alpha value is -3.84. The van der Waals surface area contributed by atoms with Crippen molar-refractivity contribution in [1.29, 1.82) is 5.26 Å². The second-order valence-electron chi connectivity index (χ2n) is 7.49. The fourth-order valence-corrected chi connectivity index (χ4v) is 3.71. The summed E-state index contributed by atoms with van der Waals surface area (Å²) in [5.74, 6) is -3.92. The van der Waals surface area contributed by atoms with Gasteiger partial charge in [-0.25, -0.2) is 13.8 Å². The third-order valence-corrected chi connectivity index (χ3v) is 5.35. The smallest absolute Gasteiger partial charge is 0.268 e. The number of imidazole rings is 1. The third kappa shape index (κ3) is 4.99. The molecular formula is C22H17ClF2N6O2. The summed E-state index contributed by atoms with van der Waals surface area (Å²) < 4.78 is 27.1. The zero-order chi connectivity index (χ0) is 23.6. The van der Waals surface area contributed by atoms with Crippen molar-refractivity contribution >= 4 is 46.6 Å². The predicted molar refractivity (Wildman–Crippen MR) is 117 cm³/mol. The van der Waals surface area contributed by atoms with E-state index >= 15 is 0 Å². The van der Waals surface area contributed by atoms with E-state index in [4.69, 9.17) is 16.9 Å². The Morgan fingerprint density at radius 2 is 2.18 bits per heavy atom. The number of halogens is 3. The Labute approximate surface area is 191 Å². The van der Waals surface area contributed by atoms with Crippen molar-refractivity contribution in [3.05, 3.63) is 58.6 Å². The molecule has 1 saturated heterocycles. The number of aromatic nitrogens is 3. The molecule has 2 N–H and O–H groups in total. The fraction of sp³-hybridized carbons (Fsp3) is 0.227. The van der Waals surface area contributed by atoms with E-state index in [9.17, 15) is 18.4 Å². The lowest BCUT2D eigenvalue weighted by Gasteiger charge is -2.19. The number of benzene rings is 1. The van der Waals surface area contributed by atoms with Gasteiger partial charge in [-0.2, -0.15) is 5.26 Å². The van der Waals surface area contributed by atoms with Crippen LogP contribution in [0.1, 0.15) is 28.2 Å². The first-order chi connectivity index (χ1) is 15.8. The monoisotopic (exact) mass is 470 g/mol. The van der Waals surface area contributed by atoms with Crippen molar-refractivity contribution in [3.63, 3.8) is 0 Å². The van der Waals surface area contributed by atoms with Crippen molar-refractivity contribution in [2.45, 2.75) is 18.4 Å². The lowest BCUT2D eigenvalue weighted by Crippen LogP contribution is -2.43. The number of nitrogens with one attached hydrogen (secondary N) is 2. The minimum absolute atomic E-state index is 0.233. The number of pyridine rings is 1. The lowest BCUT2D eigenvalue weighted by molar-refractivity contribution is -0.131. The van der Waals surface area contributed by atoms with Crippen LogP contribution < -0.4 is 5.32 Å². The van der Waals surface area contributed by atoms with E-state index in [2.05, 4.69) is 20.3 Å². The molecule has 3 heterocycles. The number of carbonyl (C=O) groups excluding carboxylic acids is 2. The van der Waals surface area contributed by atoms with Crippen LogP contribution in [0.2, 0.25) is 5.02 Å². The van der Waals surface area contributed by atoms with Gasteiger partial charge in [0.2, 0.25) is 5.91 Å². The first-order valence-electron chi connectivity index (χ1n) is 9.88. The van der Waals surface area contributed by atoms with Gasteiger partial charge in [0.05, 0.1) is 30.2 Å². The standard InChI is InChI=1S/C22H17ClF2N6O2/c23-14-2-3-17-18(7-14)30-19(29-17)4-1-13-10-27-6-5-16(13)21(33)28-11-20(32)31-12-22(24,25)8-15(31)9-26/h1-7,10,15H,8,11-12H2,(H,28,33)(H,29,30)/b4-1+/t15-/m0/s1. The van der Waals surface area contributed by atoms with Gasteiger partial charge in [0, 0.05) is 35.0 Å². The Morgan fingerprint density at radius 3 is 2.97 bits per heavy atom.